The molecule has 5 heteroatoms. The molecule has 1 amide bonds. The van der Waals surface area contributed by atoms with Crippen molar-refractivity contribution in [3.05, 3.63) is 63.9 Å². The third-order valence-corrected chi connectivity index (χ3v) is 3.26. The van der Waals surface area contributed by atoms with E-state index in [2.05, 4.69) is 21.2 Å². The first kappa shape index (κ1) is 14.4. The van der Waals surface area contributed by atoms with E-state index in [0.717, 1.165) is 0 Å². The van der Waals surface area contributed by atoms with Gasteiger partial charge in [0, 0.05) is 23.7 Å². The van der Waals surface area contributed by atoms with Gasteiger partial charge >= 0.3 is 0 Å². The molecule has 2 rings (SSSR count). The quantitative estimate of drug-likeness (QED) is 0.867. The summed E-state index contributed by atoms with van der Waals surface area (Å²) in [6.45, 7) is 1.41. The van der Waals surface area contributed by atoms with Crippen LogP contribution in [0, 0.1) is 5.82 Å². The molecule has 20 heavy (non-hydrogen) atoms. The number of benzene rings is 2. The van der Waals surface area contributed by atoms with E-state index < -0.39 is 5.82 Å². The molecule has 0 bridgehead atoms. The second-order valence-corrected chi connectivity index (χ2v) is 5.07. The SMILES string of the molecule is CC(=O)Nc1ccc(C(=O)c2ccc(F)c(Br)c2)cc1. The molecule has 2 aromatic rings. The van der Waals surface area contributed by atoms with Crippen molar-refractivity contribution in [2.75, 3.05) is 5.32 Å². The van der Waals surface area contributed by atoms with Crippen LogP contribution in [0.25, 0.3) is 0 Å². The highest BCUT2D eigenvalue weighted by Gasteiger charge is 2.11. The van der Waals surface area contributed by atoms with Crippen LogP contribution in [0.3, 0.4) is 0 Å². The molecule has 0 atom stereocenters. The first-order chi connectivity index (χ1) is 9.47. The van der Waals surface area contributed by atoms with E-state index >= 15 is 0 Å². The standard InChI is InChI=1S/C15H11BrFNO2/c1-9(19)18-12-5-2-10(3-6-12)15(20)11-4-7-14(17)13(16)8-11/h2-8H,1H3,(H,18,19). The van der Waals surface area contributed by atoms with Crippen LogP contribution in [-0.4, -0.2) is 11.7 Å². The molecule has 0 heterocycles. The van der Waals surface area contributed by atoms with E-state index in [-0.39, 0.29) is 16.2 Å². The molecule has 3 nitrogen and oxygen atoms in total. The average molecular weight is 336 g/mol. The lowest BCUT2D eigenvalue weighted by Crippen LogP contribution is -2.06. The largest absolute Gasteiger partial charge is 0.326 e. The molecular formula is C15H11BrFNO2. The molecule has 0 saturated carbocycles. The van der Waals surface area contributed by atoms with Crippen molar-refractivity contribution in [3.8, 4) is 0 Å². The highest BCUT2D eigenvalue weighted by atomic mass is 79.9. The Kier molecular flexibility index (Phi) is 4.29. The van der Waals surface area contributed by atoms with Gasteiger partial charge in [-0.2, -0.15) is 0 Å². The number of amides is 1. The molecular weight excluding hydrogens is 325 g/mol. The third-order valence-electron chi connectivity index (χ3n) is 2.65. The highest BCUT2D eigenvalue weighted by molar-refractivity contribution is 9.10. The van der Waals surface area contributed by atoms with Crippen molar-refractivity contribution < 1.29 is 14.0 Å². The summed E-state index contributed by atoms with van der Waals surface area (Å²) in [5.41, 5.74) is 1.48. The van der Waals surface area contributed by atoms with Gasteiger partial charge in [-0.05, 0) is 58.4 Å². The lowest BCUT2D eigenvalue weighted by Gasteiger charge is -2.05. The number of nitrogens with one attached hydrogen (secondary N) is 1. The maximum atomic E-state index is 13.1. The summed E-state index contributed by atoms with van der Waals surface area (Å²) in [5.74, 6) is -0.797. The van der Waals surface area contributed by atoms with E-state index in [1.165, 1.54) is 25.1 Å². The Labute approximate surface area is 123 Å². The van der Waals surface area contributed by atoms with Crippen molar-refractivity contribution in [1.82, 2.24) is 0 Å². The van der Waals surface area contributed by atoms with Gasteiger partial charge in [0.1, 0.15) is 5.82 Å². The van der Waals surface area contributed by atoms with Gasteiger partial charge < -0.3 is 5.32 Å². The highest BCUT2D eigenvalue weighted by Crippen LogP contribution is 2.20. The zero-order valence-electron chi connectivity index (χ0n) is 10.6. The molecule has 2 aromatic carbocycles. The topological polar surface area (TPSA) is 46.2 Å². The van der Waals surface area contributed by atoms with Gasteiger partial charge in [0.2, 0.25) is 5.91 Å². The minimum absolute atomic E-state index is 0.174. The van der Waals surface area contributed by atoms with E-state index in [0.29, 0.717) is 16.8 Å². The van der Waals surface area contributed by atoms with Crippen molar-refractivity contribution in [1.29, 1.82) is 0 Å². The van der Waals surface area contributed by atoms with Crippen LogP contribution in [0.15, 0.2) is 46.9 Å². The van der Waals surface area contributed by atoms with Crippen LogP contribution in [0.2, 0.25) is 0 Å². The summed E-state index contributed by atoms with van der Waals surface area (Å²) >= 11 is 3.05. The Balaban J connectivity index is 2.24. The van der Waals surface area contributed by atoms with Crippen molar-refractivity contribution in [2.24, 2.45) is 0 Å². The number of anilines is 1. The fraction of sp³-hybridized carbons (Fsp3) is 0.0667. The zero-order valence-corrected chi connectivity index (χ0v) is 12.2. The molecule has 0 aromatic heterocycles. The fourth-order valence-corrected chi connectivity index (χ4v) is 2.09. The second kappa shape index (κ2) is 5.96. The zero-order chi connectivity index (χ0) is 14.7. The third kappa shape index (κ3) is 3.30. The normalized spacial score (nSPS) is 10.2. The number of carbonyl (C=O) groups is 2. The molecule has 0 spiro atoms. The molecule has 0 aliphatic heterocycles. The molecule has 0 radical (unpaired) electrons. The van der Waals surface area contributed by atoms with Crippen LogP contribution in [0.1, 0.15) is 22.8 Å². The Bertz CT molecular complexity index is 668. The molecule has 0 aliphatic carbocycles. The van der Waals surface area contributed by atoms with Crippen molar-refractivity contribution in [3.63, 3.8) is 0 Å². The van der Waals surface area contributed by atoms with E-state index in [1.807, 2.05) is 0 Å². The monoisotopic (exact) mass is 335 g/mol. The second-order valence-electron chi connectivity index (χ2n) is 4.22. The van der Waals surface area contributed by atoms with Crippen molar-refractivity contribution >= 4 is 33.3 Å². The van der Waals surface area contributed by atoms with E-state index in [9.17, 15) is 14.0 Å². The minimum Gasteiger partial charge on any atom is -0.326 e. The summed E-state index contributed by atoms with van der Waals surface area (Å²) in [4.78, 5) is 23.1. The summed E-state index contributed by atoms with van der Waals surface area (Å²) in [7, 11) is 0. The Hall–Kier alpha value is -2.01. The number of hydrogen-bond acceptors (Lipinski definition) is 2. The predicted octanol–water partition coefficient (Wildman–Crippen LogP) is 3.78. The molecule has 1 N–H and O–H groups in total. The molecule has 102 valence electrons. The van der Waals surface area contributed by atoms with Gasteiger partial charge in [-0.1, -0.05) is 0 Å². The van der Waals surface area contributed by atoms with Gasteiger partial charge in [-0.15, -0.1) is 0 Å². The number of halogens is 2. The summed E-state index contributed by atoms with van der Waals surface area (Å²) in [6, 6.07) is 10.6. The Morgan fingerprint density at radius 1 is 1.05 bits per heavy atom. The average Bonchev–Trinajstić information content (AvgIpc) is 2.41. The van der Waals surface area contributed by atoms with Crippen LogP contribution in [-0.2, 0) is 4.79 Å². The number of rotatable bonds is 3. The summed E-state index contributed by atoms with van der Waals surface area (Å²) in [5, 5.41) is 2.62. The first-order valence-electron chi connectivity index (χ1n) is 5.85. The van der Waals surface area contributed by atoms with Gasteiger partial charge in [-0.3, -0.25) is 9.59 Å². The first-order valence-corrected chi connectivity index (χ1v) is 6.64. The minimum atomic E-state index is -0.414. The van der Waals surface area contributed by atoms with Gasteiger partial charge in [0.25, 0.3) is 0 Å². The maximum Gasteiger partial charge on any atom is 0.221 e. The summed E-state index contributed by atoms with van der Waals surface area (Å²) in [6.07, 6.45) is 0. The van der Waals surface area contributed by atoms with Crippen molar-refractivity contribution in [2.45, 2.75) is 6.92 Å². The lowest BCUT2D eigenvalue weighted by atomic mass is 10.0. The predicted molar refractivity (Wildman–Crippen MR) is 78.3 cm³/mol. The van der Waals surface area contributed by atoms with Gasteiger partial charge in [0.15, 0.2) is 5.78 Å². The lowest BCUT2D eigenvalue weighted by molar-refractivity contribution is -0.114. The fourth-order valence-electron chi connectivity index (χ4n) is 1.71. The smallest absolute Gasteiger partial charge is 0.221 e. The van der Waals surface area contributed by atoms with E-state index in [4.69, 9.17) is 0 Å². The van der Waals surface area contributed by atoms with Crippen LogP contribution in [0.4, 0.5) is 10.1 Å². The van der Waals surface area contributed by atoms with Crippen LogP contribution in [0.5, 0.6) is 0 Å². The number of hydrogen-bond donors (Lipinski definition) is 1. The Morgan fingerprint density at radius 2 is 1.65 bits per heavy atom. The van der Waals surface area contributed by atoms with Crippen LogP contribution < -0.4 is 5.32 Å². The summed E-state index contributed by atoms with van der Waals surface area (Å²) < 4.78 is 13.4. The Morgan fingerprint density at radius 3 is 2.20 bits per heavy atom. The maximum absolute atomic E-state index is 13.1. The van der Waals surface area contributed by atoms with Gasteiger partial charge in [-0.25, -0.2) is 4.39 Å². The van der Waals surface area contributed by atoms with Gasteiger partial charge in [0.05, 0.1) is 4.47 Å². The molecule has 0 aliphatic rings. The van der Waals surface area contributed by atoms with E-state index in [1.54, 1.807) is 24.3 Å². The van der Waals surface area contributed by atoms with Crippen LogP contribution >= 0.6 is 15.9 Å². The number of carbonyl (C=O) groups excluding carboxylic acids is 2. The number of ketones is 1. The molecule has 0 fully saturated rings. The molecule has 0 saturated heterocycles. The molecule has 0 unspecified atom stereocenters.